The van der Waals surface area contributed by atoms with Gasteiger partial charge in [0, 0.05) is 34.9 Å². The summed E-state index contributed by atoms with van der Waals surface area (Å²) in [6.45, 7) is 1.81. The minimum Gasteiger partial charge on any atom is -0.497 e. The third-order valence-corrected chi connectivity index (χ3v) is 6.08. The van der Waals surface area contributed by atoms with Crippen LogP contribution in [0.2, 0.25) is 5.02 Å². The number of carboxylic acids is 1. The van der Waals surface area contributed by atoms with Crippen molar-refractivity contribution in [1.82, 2.24) is 0 Å². The van der Waals surface area contributed by atoms with Crippen LogP contribution in [0.25, 0.3) is 0 Å². The number of carboxylic acid groups (broad SMARTS) is 1. The summed E-state index contributed by atoms with van der Waals surface area (Å²) in [5.74, 6) is -0.479. The van der Waals surface area contributed by atoms with Gasteiger partial charge in [0.05, 0.1) is 14.2 Å². The van der Waals surface area contributed by atoms with Crippen molar-refractivity contribution in [2.45, 2.75) is 25.8 Å². The molecule has 0 radical (unpaired) electrons. The molecule has 0 bridgehead atoms. The van der Waals surface area contributed by atoms with Crippen LogP contribution in [0, 0.1) is 0 Å². The first-order valence-corrected chi connectivity index (χ1v) is 12.0. The minimum atomic E-state index is -0.951. The number of methoxy groups -OCH3 is 2. The molecule has 0 fully saturated rings. The topological polar surface area (TPSA) is 96.4 Å². The lowest BCUT2D eigenvalue weighted by Gasteiger charge is -2.33. The number of amides is 2. The predicted octanol–water partition coefficient (Wildman–Crippen LogP) is 5.29. The lowest BCUT2D eigenvalue weighted by atomic mass is 10.1. The maximum Gasteiger partial charge on any atom is 0.303 e. The Bertz CT molecular complexity index is 1210. The maximum absolute atomic E-state index is 13.9. The molecule has 0 saturated carbocycles. The first-order valence-electron chi connectivity index (χ1n) is 11.7. The molecule has 1 unspecified atom stereocenters. The molecular weight excluding hydrogens is 496 g/mol. The second-order valence-corrected chi connectivity index (χ2v) is 8.68. The molecule has 3 aromatic carbocycles. The van der Waals surface area contributed by atoms with Gasteiger partial charge in [0.2, 0.25) is 5.91 Å². The molecular formula is C28H29ClN2O6. The molecule has 1 N–H and O–H groups in total. The van der Waals surface area contributed by atoms with E-state index in [4.69, 9.17) is 26.2 Å². The second kappa shape index (κ2) is 12.8. The summed E-state index contributed by atoms with van der Waals surface area (Å²) in [5, 5.41) is 9.61. The van der Waals surface area contributed by atoms with E-state index < -0.39 is 12.0 Å². The third-order valence-electron chi connectivity index (χ3n) is 5.83. The quantitative estimate of drug-likeness (QED) is 0.366. The number of rotatable bonds is 11. The van der Waals surface area contributed by atoms with Crippen molar-refractivity contribution < 1.29 is 29.0 Å². The van der Waals surface area contributed by atoms with Crippen molar-refractivity contribution in [3.63, 3.8) is 0 Å². The van der Waals surface area contributed by atoms with Crippen LogP contribution in [0.15, 0.2) is 72.8 Å². The molecule has 0 aliphatic carbocycles. The van der Waals surface area contributed by atoms with Crippen LogP contribution in [0.5, 0.6) is 11.5 Å². The van der Waals surface area contributed by atoms with Crippen LogP contribution in [0.4, 0.5) is 11.4 Å². The second-order valence-electron chi connectivity index (χ2n) is 8.24. The molecule has 2 amide bonds. The number of hydrogen-bond donors (Lipinski definition) is 1. The van der Waals surface area contributed by atoms with Gasteiger partial charge in [-0.2, -0.15) is 0 Å². The van der Waals surface area contributed by atoms with Gasteiger partial charge in [-0.25, -0.2) is 0 Å². The zero-order valence-corrected chi connectivity index (χ0v) is 21.6. The molecule has 0 heterocycles. The first kappa shape index (κ1) is 27.5. The molecule has 0 aliphatic heterocycles. The van der Waals surface area contributed by atoms with E-state index in [1.54, 1.807) is 93.9 Å². The number of ether oxygens (including phenoxy) is 2. The Morgan fingerprint density at radius 2 is 1.35 bits per heavy atom. The predicted molar refractivity (Wildman–Crippen MR) is 143 cm³/mol. The van der Waals surface area contributed by atoms with Crippen molar-refractivity contribution in [3.8, 4) is 11.5 Å². The number of benzene rings is 3. The lowest BCUT2D eigenvalue weighted by molar-refractivity contribution is -0.137. The van der Waals surface area contributed by atoms with Crippen molar-refractivity contribution >= 4 is 40.8 Å². The molecule has 3 aromatic rings. The Balaban J connectivity index is 2.00. The smallest absolute Gasteiger partial charge is 0.303 e. The summed E-state index contributed by atoms with van der Waals surface area (Å²) in [5.41, 5.74) is 1.43. The highest BCUT2D eigenvalue weighted by atomic mass is 35.5. The fraction of sp³-hybridized carbons (Fsp3) is 0.250. The van der Waals surface area contributed by atoms with Crippen molar-refractivity contribution in [3.05, 3.63) is 83.4 Å². The van der Waals surface area contributed by atoms with Gasteiger partial charge in [0.1, 0.15) is 17.5 Å². The van der Waals surface area contributed by atoms with Gasteiger partial charge in [-0.05, 0) is 86.1 Å². The molecule has 1 atom stereocenters. The standard InChI is InChI=1S/C28H29ClN2O6/c1-19(27(34)30(18-4-5-26(32)33)22-10-14-24(36-2)15-11-22)31(23-12-16-25(37-3)17-13-23)28(35)20-6-8-21(29)9-7-20/h6-17,19H,4-5,18H2,1-3H3,(H,32,33). The first-order chi connectivity index (χ1) is 17.7. The largest absolute Gasteiger partial charge is 0.497 e. The van der Waals surface area contributed by atoms with E-state index in [0.717, 1.165) is 0 Å². The van der Waals surface area contributed by atoms with Crippen LogP contribution in [0.3, 0.4) is 0 Å². The van der Waals surface area contributed by atoms with Gasteiger partial charge in [-0.15, -0.1) is 0 Å². The van der Waals surface area contributed by atoms with Crippen LogP contribution >= 0.6 is 11.6 Å². The molecule has 37 heavy (non-hydrogen) atoms. The lowest BCUT2D eigenvalue weighted by Crippen LogP contribution is -2.50. The average molecular weight is 525 g/mol. The fourth-order valence-corrected chi connectivity index (χ4v) is 3.97. The monoisotopic (exact) mass is 524 g/mol. The number of hydrogen-bond acceptors (Lipinski definition) is 5. The van der Waals surface area contributed by atoms with Crippen molar-refractivity contribution in [2.75, 3.05) is 30.6 Å². The number of anilines is 2. The molecule has 0 aromatic heterocycles. The van der Waals surface area contributed by atoms with E-state index in [9.17, 15) is 14.4 Å². The molecule has 8 nitrogen and oxygen atoms in total. The van der Waals surface area contributed by atoms with Gasteiger partial charge >= 0.3 is 5.97 Å². The van der Waals surface area contributed by atoms with Crippen LogP contribution < -0.4 is 19.3 Å². The number of nitrogens with zero attached hydrogens (tertiary/aromatic N) is 2. The molecule has 0 saturated heterocycles. The van der Waals surface area contributed by atoms with Crippen LogP contribution in [-0.4, -0.2) is 49.7 Å². The number of aliphatic carboxylic acids is 1. The molecule has 3 rings (SSSR count). The summed E-state index contributed by atoms with van der Waals surface area (Å²) in [6.07, 6.45) is 0.147. The summed E-state index contributed by atoms with van der Waals surface area (Å²) >= 11 is 6.01. The highest BCUT2D eigenvalue weighted by Crippen LogP contribution is 2.27. The van der Waals surface area contributed by atoms with Crippen molar-refractivity contribution in [1.29, 1.82) is 0 Å². The van der Waals surface area contributed by atoms with E-state index in [1.165, 1.54) is 9.80 Å². The zero-order valence-electron chi connectivity index (χ0n) is 20.9. The Morgan fingerprint density at radius 1 is 0.838 bits per heavy atom. The fourth-order valence-electron chi connectivity index (χ4n) is 3.84. The van der Waals surface area contributed by atoms with Crippen molar-refractivity contribution in [2.24, 2.45) is 0 Å². The summed E-state index contributed by atoms with van der Waals surface area (Å²) in [4.78, 5) is 41.6. The van der Waals surface area contributed by atoms with E-state index in [0.29, 0.717) is 33.5 Å². The Hall–Kier alpha value is -4.04. The Morgan fingerprint density at radius 3 is 1.84 bits per heavy atom. The summed E-state index contributed by atoms with van der Waals surface area (Å²) in [6, 6.07) is 19.2. The SMILES string of the molecule is COc1ccc(N(CCCC(=O)O)C(=O)C(C)N(C(=O)c2ccc(Cl)cc2)c2ccc(OC)cc2)cc1. The maximum atomic E-state index is 13.9. The van der Waals surface area contributed by atoms with Crippen LogP contribution in [-0.2, 0) is 9.59 Å². The molecule has 0 spiro atoms. The average Bonchev–Trinajstić information content (AvgIpc) is 2.91. The van der Waals surface area contributed by atoms with E-state index >= 15 is 0 Å². The van der Waals surface area contributed by atoms with E-state index in [2.05, 4.69) is 0 Å². The minimum absolute atomic E-state index is 0.0970. The summed E-state index contributed by atoms with van der Waals surface area (Å²) in [7, 11) is 3.09. The molecule has 0 aliphatic rings. The Labute approximate surface area is 221 Å². The van der Waals surface area contributed by atoms with Gasteiger partial charge < -0.3 is 19.5 Å². The number of halogens is 1. The molecule has 194 valence electrons. The number of carbonyl (C=O) groups is 3. The third kappa shape index (κ3) is 7.01. The number of carbonyl (C=O) groups excluding carboxylic acids is 2. The van der Waals surface area contributed by atoms with Gasteiger partial charge in [-0.3, -0.25) is 19.3 Å². The van der Waals surface area contributed by atoms with Gasteiger partial charge in [0.25, 0.3) is 5.91 Å². The highest BCUT2D eigenvalue weighted by Gasteiger charge is 2.32. The normalized spacial score (nSPS) is 11.4. The van der Waals surface area contributed by atoms with Gasteiger partial charge in [0.15, 0.2) is 0 Å². The van der Waals surface area contributed by atoms with Gasteiger partial charge in [-0.1, -0.05) is 11.6 Å². The Kier molecular flexibility index (Phi) is 9.51. The van der Waals surface area contributed by atoms with Crippen LogP contribution in [0.1, 0.15) is 30.1 Å². The highest BCUT2D eigenvalue weighted by molar-refractivity contribution is 6.30. The molecule has 9 heteroatoms. The summed E-state index contributed by atoms with van der Waals surface area (Å²) < 4.78 is 10.5. The van der Waals surface area contributed by atoms with E-state index in [-0.39, 0.29) is 31.2 Å². The zero-order chi connectivity index (χ0) is 26.9. The van der Waals surface area contributed by atoms with E-state index in [1.807, 2.05) is 0 Å².